The topological polar surface area (TPSA) is 49.4 Å². The van der Waals surface area contributed by atoms with E-state index in [4.69, 9.17) is 0 Å². The Balaban J connectivity index is 1.32. The van der Waals surface area contributed by atoms with E-state index in [0.717, 1.165) is 36.9 Å². The normalized spacial score (nSPS) is 22.7. The van der Waals surface area contributed by atoms with Crippen LogP contribution in [0.3, 0.4) is 0 Å². The Morgan fingerprint density at radius 3 is 1.97 bits per heavy atom. The number of amides is 2. The first kappa shape index (κ1) is 23.3. The summed E-state index contributed by atoms with van der Waals surface area (Å²) in [6, 6.07) is 27.3. The van der Waals surface area contributed by atoms with Gasteiger partial charge in [-0.2, -0.15) is 0 Å². The zero-order valence-corrected chi connectivity index (χ0v) is 20.8. The molecule has 3 aromatic carbocycles. The summed E-state index contributed by atoms with van der Waals surface area (Å²) in [6.45, 7) is 7.79. The molecule has 0 aromatic heterocycles. The maximum atomic E-state index is 13.4. The molecular weight excluding hydrogens is 432 g/mol. The molecule has 3 aromatic rings. The van der Waals surface area contributed by atoms with Gasteiger partial charge in [-0.1, -0.05) is 81.4 Å². The van der Waals surface area contributed by atoms with E-state index in [1.54, 1.807) is 0 Å². The summed E-state index contributed by atoms with van der Waals surface area (Å²) in [6.07, 6.45) is 3.31. The van der Waals surface area contributed by atoms with Gasteiger partial charge in [-0.15, -0.1) is 0 Å². The lowest BCUT2D eigenvalue weighted by Gasteiger charge is -2.39. The van der Waals surface area contributed by atoms with Gasteiger partial charge in [0.25, 0.3) is 5.91 Å². The minimum atomic E-state index is -0.410. The predicted molar refractivity (Wildman–Crippen MR) is 140 cm³/mol. The monoisotopic (exact) mass is 466 g/mol. The van der Waals surface area contributed by atoms with Crippen molar-refractivity contribution in [2.75, 3.05) is 11.9 Å². The number of nitrogens with one attached hydrogen (secondary N) is 1. The molecule has 4 heteroatoms. The number of hydrogen-bond donors (Lipinski definition) is 1. The Bertz CT molecular complexity index is 1160. The van der Waals surface area contributed by atoms with Crippen molar-refractivity contribution in [2.45, 2.75) is 52.0 Å². The molecule has 2 aliphatic rings. The molecule has 2 atom stereocenters. The third kappa shape index (κ3) is 4.88. The SMILES string of the molecule is CC1(C)C[C@@H]2C[C@](C)(CN2C(=O)c2ccc(NC(=O)C(c3ccccc3)c3ccccc3)cc2)C1. The molecule has 1 heterocycles. The van der Waals surface area contributed by atoms with Crippen molar-refractivity contribution in [2.24, 2.45) is 10.8 Å². The lowest BCUT2D eigenvalue weighted by molar-refractivity contribution is -0.116. The lowest BCUT2D eigenvalue weighted by Crippen LogP contribution is -2.37. The number of hydrogen-bond acceptors (Lipinski definition) is 2. The van der Waals surface area contributed by atoms with Crippen molar-refractivity contribution in [3.8, 4) is 0 Å². The Hall–Kier alpha value is -3.40. The second kappa shape index (κ2) is 8.99. The molecule has 2 fully saturated rings. The lowest BCUT2D eigenvalue weighted by atomic mass is 9.65. The van der Waals surface area contributed by atoms with E-state index in [9.17, 15) is 9.59 Å². The minimum Gasteiger partial charge on any atom is -0.335 e. The van der Waals surface area contributed by atoms with Gasteiger partial charge in [-0.05, 0) is 65.5 Å². The highest BCUT2D eigenvalue weighted by atomic mass is 16.2. The molecule has 0 spiro atoms. The fourth-order valence-electron chi connectivity index (χ4n) is 6.56. The molecule has 35 heavy (non-hydrogen) atoms. The van der Waals surface area contributed by atoms with Crippen LogP contribution in [-0.4, -0.2) is 29.3 Å². The molecule has 4 nitrogen and oxygen atoms in total. The van der Waals surface area contributed by atoms with Crippen LogP contribution in [0.15, 0.2) is 84.9 Å². The van der Waals surface area contributed by atoms with Crippen LogP contribution in [0.2, 0.25) is 0 Å². The maximum Gasteiger partial charge on any atom is 0.254 e. The molecular formula is C31H34N2O2. The third-order valence-electron chi connectivity index (χ3n) is 7.60. The van der Waals surface area contributed by atoms with E-state index in [1.165, 1.54) is 0 Å². The largest absolute Gasteiger partial charge is 0.335 e. The molecule has 180 valence electrons. The van der Waals surface area contributed by atoms with Crippen LogP contribution >= 0.6 is 0 Å². The maximum absolute atomic E-state index is 13.4. The van der Waals surface area contributed by atoms with Gasteiger partial charge in [0.05, 0.1) is 5.92 Å². The average molecular weight is 467 g/mol. The zero-order chi connectivity index (χ0) is 24.6. The van der Waals surface area contributed by atoms with Gasteiger partial charge in [0.1, 0.15) is 0 Å². The van der Waals surface area contributed by atoms with Crippen molar-refractivity contribution in [3.63, 3.8) is 0 Å². The second-order valence-corrected chi connectivity index (χ2v) is 11.5. The summed E-state index contributed by atoms with van der Waals surface area (Å²) in [5, 5.41) is 3.06. The number of carbonyl (C=O) groups is 2. The van der Waals surface area contributed by atoms with Gasteiger partial charge in [0.15, 0.2) is 0 Å². The molecule has 1 N–H and O–H groups in total. The van der Waals surface area contributed by atoms with Gasteiger partial charge >= 0.3 is 0 Å². The summed E-state index contributed by atoms with van der Waals surface area (Å²) in [5.41, 5.74) is 3.74. The Kier molecular flexibility index (Phi) is 6.00. The standard InChI is InChI=1S/C31H34N2O2/c1-30(2)18-26-19-31(3,20-30)21-33(26)29(35)24-14-16-25(17-15-24)32-28(34)27(22-10-6-4-7-11-22)23-12-8-5-9-13-23/h4-17,26-27H,18-21H2,1-3H3,(H,32,34)/t26-,31+/m1/s1. The quantitative estimate of drug-likeness (QED) is 0.467. The summed E-state index contributed by atoms with van der Waals surface area (Å²) in [7, 11) is 0. The number of benzene rings is 3. The smallest absolute Gasteiger partial charge is 0.254 e. The molecule has 0 unspecified atom stereocenters. The van der Waals surface area contributed by atoms with Crippen LogP contribution in [0, 0.1) is 10.8 Å². The summed E-state index contributed by atoms with van der Waals surface area (Å²) >= 11 is 0. The summed E-state index contributed by atoms with van der Waals surface area (Å²) in [4.78, 5) is 28.9. The van der Waals surface area contributed by atoms with E-state index in [0.29, 0.717) is 17.3 Å². The molecule has 5 rings (SSSR count). The van der Waals surface area contributed by atoms with Crippen molar-refractivity contribution in [3.05, 3.63) is 102 Å². The first-order valence-electron chi connectivity index (χ1n) is 12.5. The van der Waals surface area contributed by atoms with Gasteiger partial charge < -0.3 is 10.2 Å². The molecule has 2 bridgehead atoms. The number of rotatable bonds is 5. The van der Waals surface area contributed by atoms with Gasteiger partial charge in [0.2, 0.25) is 5.91 Å². The van der Waals surface area contributed by atoms with Crippen LogP contribution in [0.1, 0.15) is 67.4 Å². The number of nitrogens with zero attached hydrogens (tertiary/aromatic N) is 1. The van der Waals surface area contributed by atoms with Crippen LogP contribution in [-0.2, 0) is 4.79 Å². The van der Waals surface area contributed by atoms with Crippen LogP contribution in [0.5, 0.6) is 0 Å². The highest BCUT2D eigenvalue weighted by molar-refractivity contribution is 5.99. The van der Waals surface area contributed by atoms with Crippen molar-refractivity contribution < 1.29 is 9.59 Å². The summed E-state index contributed by atoms with van der Waals surface area (Å²) in [5.74, 6) is -0.405. The highest BCUT2D eigenvalue weighted by Crippen LogP contribution is 2.52. The van der Waals surface area contributed by atoms with E-state index in [1.807, 2.05) is 84.9 Å². The molecule has 0 radical (unpaired) electrons. The first-order chi connectivity index (χ1) is 16.7. The van der Waals surface area contributed by atoms with E-state index in [-0.39, 0.29) is 22.6 Å². The minimum absolute atomic E-state index is 0.0926. The molecule has 2 amide bonds. The zero-order valence-electron chi connectivity index (χ0n) is 20.8. The summed E-state index contributed by atoms with van der Waals surface area (Å²) < 4.78 is 0. The van der Waals surface area contributed by atoms with Crippen LogP contribution in [0.25, 0.3) is 0 Å². The van der Waals surface area contributed by atoms with Crippen molar-refractivity contribution in [1.82, 2.24) is 4.90 Å². The molecule has 1 aliphatic heterocycles. The Morgan fingerprint density at radius 1 is 0.829 bits per heavy atom. The number of anilines is 1. The Morgan fingerprint density at radius 2 is 1.40 bits per heavy atom. The fraction of sp³-hybridized carbons (Fsp3) is 0.355. The first-order valence-corrected chi connectivity index (χ1v) is 12.5. The van der Waals surface area contributed by atoms with E-state index in [2.05, 4.69) is 31.0 Å². The van der Waals surface area contributed by atoms with E-state index < -0.39 is 5.92 Å². The number of fused-ring (bicyclic) bond motifs is 2. The van der Waals surface area contributed by atoms with Gasteiger partial charge in [-0.25, -0.2) is 0 Å². The predicted octanol–water partition coefficient (Wildman–Crippen LogP) is 6.50. The van der Waals surface area contributed by atoms with Crippen LogP contribution in [0.4, 0.5) is 5.69 Å². The highest BCUT2D eigenvalue weighted by Gasteiger charge is 2.51. The molecule has 1 saturated carbocycles. The van der Waals surface area contributed by atoms with Gasteiger partial charge in [0, 0.05) is 23.8 Å². The molecule has 1 saturated heterocycles. The van der Waals surface area contributed by atoms with Crippen molar-refractivity contribution in [1.29, 1.82) is 0 Å². The van der Waals surface area contributed by atoms with E-state index >= 15 is 0 Å². The second-order valence-electron chi connectivity index (χ2n) is 11.5. The van der Waals surface area contributed by atoms with Gasteiger partial charge in [-0.3, -0.25) is 9.59 Å². The Labute approximate surface area is 208 Å². The van der Waals surface area contributed by atoms with Crippen LogP contribution < -0.4 is 5.32 Å². The number of likely N-dealkylation sites (tertiary alicyclic amines) is 1. The third-order valence-corrected chi connectivity index (χ3v) is 7.60. The van der Waals surface area contributed by atoms with Crippen molar-refractivity contribution >= 4 is 17.5 Å². The fourth-order valence-corrected chi connectivity index (χ4v) is 6.56. The number of carbonyl (C=O) groups excluding carboxylic acids is 2. The average Bonchev–Trinajstić information content (AvgIpc) is 3.09. The molecule has 1 aliphatic carbocycles.